The second-order valence-electron chi connectivity index (χ2n) is 14.0. The molecule has 11 rings (SSSR count). The number of fused-ring (bicyclic) bond motifs is 10. The summed E-state index contributed by atoms with van der Waals surface area (Å²) in [6.45, 7) is 0. The summed E-state index contributed by atoms with van der Waals surface area (Å²) in [6.07, 6.45) is 3.77. The van der Waals surface area contributed by atoms with Crippen LogP contribution in [-0.4, -0.2) is 15.0 Å². The maximum absolute atomic E-state index is 5.25. The molecule has 3 nitrogen and oxygen atoms in total. The number of aromatic nitrogens is 3. The molecule has 0 radical (unpaired) electrons. The molecule has 3 heteroatoms. The van der Waals surface area contributed by atoms with Crippen molar-refractivity contribution in [2.75, 3.05) is 0 Å². The summed E-state index contributed by atoms with van der Waals surface area (Å²) in [4.78, 5) is 14.8. The summed E-state index contributed by atoms with van der Waals surface area (Å²) in [5, 5.41) is 12.2. The Morgan fingerprint density at radius 1 is 0.296 bits per heavy atom. The van der Waals surface area contributed by atoms with Crippen LogP contribution in [0.4, 0.5) is 0 Å². The average Bonchev–Trinajstić information content (AvgIpc) is 3.26. The second kappa shape index (κ2) is 12.2. The van der Waals surface area contributed by atoms with Gasteiger partial charge < -0.3 is 0 Å². The highest BCUT2D eigenvalue weighted by Crippen LogP contribution is 2.38. The second-order valence-corrected chi connectivity index (χ2v) is 14.0. The molecule has 0 saturated heterocycles. The fourth-order valence-corrected chi connectivity index (χ4v) is 8.23. The first-order valence-electron chi connectivity index (χ1n) is 18.3. The lowest BCUT2D eigenvalue weighted by Crippen LogP contribution is -1.91. The highest BCUT2D eigenvalue weighted by Gasteiger charge is 2.13. The standard InChI is InChI=1S/C51H31N3/c1-2-12-44-42(10-1)43-11-3-4-13-45(43)47-30-36(21-24-46(44)47)32-15-17-33(18-16-32)48-25-22-34-19-20-35-23-26-49(54-51(35)50(34)53-48)38-8-5-7-37(29-38)40-14-6-9-39-31-52-28-27-41(39)40/h1-31H. The van der Waals surface area contributed by atoms with E-state index in [2.05, 4.69) is 181 Å². The van der Waals surface area contributed by atoms with Gasteiger partial charge in [0.25, 0.3) is 0 Å². The maximum atomic E-state index is 5.25. The summed E-state index contributed by atoms with van der Waals surface area (Å²) < 4.78 is 0. The Kier molecular flexibility index (Phi) is 6.86. The van der Waals surface area contributed by atoms with Gasteiger partial charge in [0, 0.05) is 39.7 Å². The third-order valence-corrected chi connectivity index (χ3v) is 10.9. The van der Waals surface area contributed by atoms with Crippen LogP contribution in [0.1, 0.15) is 0 Å². The van der Waals surface area contributed by atoms with E-state index in [1.165, 1.54) is 54.4 Å². The first kappa shape index (κ1) is 30.4. The molecule has 0 unspecified atom stereocenters. The molecule has 0 atom stereocenters. The van der Waals surface area contributed by atoms with Gasteiger partial charge in [-0.1, -0.05) is 146 Å². The first-order valence-corrected chi connectivity index (χ1v) is 18.3. The molecular weight excluding hydrogens is 655 g/mol. The van der Waals surface area contributed by atoms with Crippen LogP contribution in [0.3, 0.4) is 0 Å². The molecule has 0 fully saturated rings. The normalized spacial score (nSPS) is 11.7. The zero-order chi connectivity index (χ0) is 35.6. The molecule has 54 heavy (non-hydrogen) atoms. The van der Waals surface area contributed by atoms with Crippen molar-refractivity contribution in [1.82, 2.24) is 15.0 Å². The Bertz CT molecular complexity index is 3230. The molecule has 0 aliphatic rings. The third kappa shape index (κ3) is 4.94. The topological polar surface area (TPSA) is 38.7 Å². The average molecular weight is 686 g/mol. The molecular formula is C51H31N3. The Hall–Kier alpha value is -7.23. The van der Waals surface area contributed by atoms with Crippen LogP contribution < -0.4 is 0 Å². The minimum Gasteiger partial charge on any atom is -0.264 e. The largest absolute Gasteiger partial charge is 0.264 e. The monoisotopic (exact) mass is 685 g/mol. The Labute approximate surface area is 311 Å². The molecule has 0 amide bonds. The minimum atomic E-state index is 0.904. The number of hydrogen-bond donors (Lipinski definition) is 0. The van der Waals surface area contributed by atoms with Crippen molar-refractivity contribution in [3.8, 4) is 44.8 Å². The van der Waals surface area contributed by atoms with Crippen LogP contribution in [-0.2, 0) is 0 Å². The predicted octanol–water partition coefficient (Wildman–Crippen LogP) is 13.5. The molecule has 0 aliphatic carbocycles. The SMILES string of the molecule is c1cc(-c2ccc3ccc4ccc(-c5ccc(-c6ccc7c8ccccc8c8ccccc8c7c6)cc5)nc4c3n2)cc(-c2cccc3cnccc23)c1. The van der Waals surface area contributed by atoms with Gasteiger partial charge in [0.2, 0.25) is 0 Å². The number of hydrogen-bond acceptors (Lipinski definition) is 3. The fraction of sp³-hybridized carbons (Fsp3) is 0. The van der Waals surface area contributed by atoms with Gasteiger partial charge >= 0.3 is 0 Å². The van der Waals surface area contributed by atoms with Gasteiger partial charge in [-0.05, 0) is 90.3 Å². The lowest BCUT2D eigenvalue weighted by Gasteiger charge is -2.12. The van der Waals surface area contributed by atoms with Gasteiger partial charge in [-0.15, -0.1) is 0 Å². The summed E-state index contributed by atoms with van der Waals surface area (Å²) in [5.74, 6) is 0. The summed E-state index contributed by atoms with van der Waals surface area (Å²) >= 11 is 0. The van der Waals surface area contributed by atoms with E-state index in [4.69, 9.17) is 9.97 Å². The molecule has 0 bridgehead atoms. The Balaban J connectivity index is 0.966. The van der Waals surface area contributed by atoms with Gasteiger partial charge in [0.1, 0.15) is 0 Å². The molecule has 11 aromatic rings. The van der Waals surface area contributed by atoms with Crippen LogP contribution in [0, 0.1) is 0 Å². The lowest BCUT2D eigenvalue weighted by atomic mass is 9.92. The summed E-state index contributed by atoms with van der Waals surface area (Å²) in [6, 6.07) is 63.1. The summed E-state index contributed by atoms with van der Waals surface area (Å²) in [5.41, 5.74) is 10.5. The molecule has 0 saturated carbocycles. The van der Waals surface area contributed by atoms with Crippen LogP contribution in [0.2, 0.25) is 0 Å². The van der Waals surface area contributed by atoms with E-state index < -0.39 is 0 Å². The molecule has 0 aliphatic heterocycles. The maximum Gasteiger partial charge on any atom is 0.0972 e. The van der Waals surface area contributed by atoms with Gasteiger partial charge in [-0.3, -0.25) is 4.98 Å². The van der Waals surface area contributed by atoms with Gasteiger partial charge in [-0.25, -0.2) is 9.97 Å². The molecule has 0 N–H and O–H groups in total. The van der Waals surface area contributed by atoms with Crippen molar-refractivity contribution in [3.05, 3.63) is 188 Å². The van der Waals surface area contributed by atoms with E-state index in [0.717, 1.165) is 55.3 Å². The van der Waals surface area contributed by atoms with Gasteiger partial charge in [-0.2, -0.15) is 0 Å². The first-order chi connectivity index (χ1) is 26.7. The van der Waals surface area contributed by atoms with Crippen LogP contribution in [0.5, 0.6) is 0 Å². The molecule has 8 aromatic carbocycles. The van der Waals surface area contributed by atoms with Crippen LogP contribution >= 0.6 is 0 Å². The lowest BCUT2D eigenvalue weighted by molar-refractivity contribution is 1.36. The molecule has 0 spiro atoms. The van der Waals surface area contributed by atoms with E-state index in [9.17, 15) is 0 Å². The van der Waals surface area contributed by atoms with Crippen molar-refractivity contribution in [2.24, 2.45) is 0 Å². The van der Waals surface area contributed by atoms with E-state index >= 15 is 0 Å². The third-order valence-electron chi connectivity index (χ3n) is 10.9. The number of pyridine rings is 3. The summed E-state index contributed by atoms with van der Waals surface area (Å²) in [7, 11) is 0. The van der Waals surface area contributed by atoms with Crippen molar-refractivity contribution < 1.29 is 0 Å². The predicted molar refractivity (Wildman–Crippen MR) is 227 cm³/mol. The zero-order valence-electron chi connectivity index (χ0n) is 29.2. The van der Waals surface area contributed by atoms with Crippen molar-refractivity contribution >= 4 is 64.9 Å². The van der Waals surface area contributed by atoms with E-state index in [1.807, 2.05) is 12.4 Å². The molecule has 3 heterocycles. The quantitative estimate of drug-likeness (QED) is 0.173. The molecule has 250 valence electrons. The van der Waals surface area contributed by atoms with Gasteiger partial charge in [0.05, 0.1) is 22.4 Å². The Morgan fingerprint density at radius 2 is 0.852 bits per heavy atom. The smallest absolute Gasteiger partial charge is 0.0972 e. The number of nitrogens with zero attached hydrogens (tertiary/aromatic N) is 3. The number of benzene rings is 8. The van der Waals surface area contributed by atoms with Gasteiger partial charge in [0.15, 0.2) is 0 Å². The van der Waals surface area contributed by atoms with E-state index in [1.54, 1.807) is 0 Å². The van der Waals surface area contributed by atoms with Crippen LogP contribution in [0.15, 0.2) is 188 Å². The van der Waals surface area contributed by atoms with Crippen molar-refractivity contribution in [1.29, 1.82) is 0 Å². The minimum absolute atomic E-state index is 0.904. The highest BCUT2D eigenvalue weighted by molar-refractivity contribution is 6.25. The van der Waals surface area contributed by atoms with Crippen molar-refractivity contribution in [3.63, 3.8) is 0 Å². The fourth-order valence-electron chi connectivity index (χ4n) is 8.23. The molecule has 3 aromatic heterocycles. The highest BCUT2D eigenvalue weighted by atomic mass is 14.8. The Morgan fingerprint density at radius 3 is 1.56 bits per heavy atom. The van der Waals surface area contributed by atoms with Crippen molar-refractivity contribution in [2.45, 2.75) is 0 Å². The number of rotatable bonds is 4. The van der Waals surface area contributed by atoms with E-state index in [0.29, 0.717) is 0 Å². The van der Waals surface area contributed by atoms with Crippen LogP contribution in [0.25, 0.3) is 110 Å². The van der Waals surface area contributed by atoms with E-state index in [-0.39, 0.29) is 0 Å². The zero-order valence-corrected chi connectivity index (χ0v) is 29.2.